The van der Waals surface area contributed by atoms with Gasteiger partial charge in [-0.2, -0.15) is 5.10 Å². The smallest absolute Gasteiger partial charge is 0.293 e. The van der Waals surface area contributed by atoms with Crippen molar-refractivity contribution in [3.8, 4) is 23.1 Å². The van der Waals surface area contributed by atoms with E-state index in [2.05, 4.69) is 20.4 Å². The third kappa shape index (κ3) is 4.16. The molecule has 0 atom stereocenters. The molecule has 0 saturated carbocycles. The van der Waals surface area contributed by atoms with E-state index in [0.29, 0.717) is 34.5 Å². The van der Waals surface area contributed by atoms with Crippen LogP contribution in [-0.4, -0.2) is 25.7 Å². The van der Waals surface area contributed by atoms with Gasteiger partial charge < -0.3 is 14.5 Å². The quantitative estimate of drug-likeness (QED) is 0.551. The maximum Gasteiger partial charge on any atom is 0.293 e. The molecule has 0 aliphatic rings. The van der Waals surface area contributed by atoms with Crippen molar-refractivity contribution in [3.05, 3.63) is 72.0 Å². The maximum atomic E-state index is 12.6. The molecule has 1 amide bonds. The number of anilines is 1. The zero-order valence-electron chi connectivity index (χ0n) is 16.2. The molecular weight excluding hydrogens is 370 g/mol. The minimum Gasteiger partial charge on any atom is -0.439 e. The first-order valence-electron chi connectivity index (χ1n) is 8.96. The molecule has 4 rings (SSSR count). The summed E-state index contributed by atoms with van der Waals surface area (Å²) in [5.74, 6) is 1.21. The van der Waals surface area contributed by atoms with Gasteiger partial charge in [-0.1, -0.05) is 17.7 Å². The Balaban J connectivity index is 1.44. The van der Waals surface area contributed by atoms with Crippen molar-refractivity contribution < 1.29 is 13.9 Å². The number of hydrogen-bond acceptors (Lipinski definition) is 6. The first kappa shape index (κ1) is 18.4. The van der Waals surface area contributed by atoms with Gasteiger partial charge >= 0.3 is 0 Å². The van der Waals surface area contributed by atoms with Gasteiger partial charge in [-0.3, -0.25) is 9.48 Å². The Kier molecular flexibility index (Phi) is 4.82. The number of benzene rings is 1. The molecule has 8 nitrogen and oxygen atoms in total. The van der Waals surface area contributed by atoms with Crippen LogP contribution >= 0.6 is 0 Å². The van der Waals surface area contributed by atoms with Crippen LogP contribution in [0.5, 0.6) is 11.6 Å². The van der Waals surface area contributed by atoms with E-state index in [0.717, 1.165) is 5.56 Å². The van der Waals surface area contributed by atoms with Gasteiger partial charge in [0.2, 0.25) is 17.5 Å². The Labute approximate surface area is 167 Å². The Hall–Kier alpha value is -3.94. The lowest BCUT2D eigenvalue weighted by Crippen LogP contribution is -2.12. The number of rotatable bonds is 5. The first-order chi connectivity index (χ1) is 14.0. The first-order valence-corrected chi connectivity index (χ1v) is 8.96. The van der Waals surface area contributed by atoms with Crippen LogP contribution in [0.2, 0.25) is 0 Å². The summed E-state index contributed by atoms with van der Waals surface area (Å²) in [7, 11) is 1.80. The molecule has 0 bridgehead atoms. The van der Waals surface area contributed by atoms with Crippen molar-refractivity contribution in [3.63, 3.8) is 0 Å². The average molecular weight is 389 g/mol. The number of aromatic nitrogens is 4. The average Bonchev–Trinajstić information content (AvgIpc) is 3.31. The molecule has 0 spiro atoms. The summed E-state index contributed by atoms with van der Waals surface area (Å²) >= 11 is 0. The van der Waals surface area contributed by atoms with Gasteiger partial charge in [0.25, 0.3) is 5.91 Å². The fourth-order valence-corrected chi connectivity index (χ4v) is 2.69. The van der Waals surface area contributed by atoms with Crippen molar-refractivity contribution in [1.29, 1.82) is 0 Å². The summed E-state index contributed by atoms with van der Waals surface area (Å²) in [4.78, 5) is 21.1. The largest absolute Gasteiger partial charge is 0.439 e. The summed E-state index contributed by atoms with van der Waals surface area (Å²) < 4.78 is 13.0. The molecule has 3 aromatic heterocycles. The van der Waals surface area contributed by atoms with Crippen molar-refractivity contribution in [2.24, 2.45) is 7.05 Å². The van der Waals surface area contributed by atoms with Crippen molar-refractivity contribution in [1.82, 2.24) is 19.7 Å². The van der Waals surface area contributed by atoms with Crippen LogP contribution in [0.25, 0.3) is 11.5 Å². The molecule has 1 aromatic carbocycles. The molecule has 0 fully saturated rings. The maximum absolute atomic E-state index is 12.6. The highest BCUT2D eigenvalue weighted by molar-refractivity contribution is 6.03. The minimum atomic E-state index is -0.404. The number of nitrogens with one attached hydrogen (secondary N) is 1. The number of carbonyl (C=O) groups is 1. The van der Waals surface area contributed by atoms with Gasteiger partial charge in [0.15, 0.2) is 0 Å². The van der Waals surface area contributed by atoms with E-state index in [9.17, 15) is 4.79 Å². The van der Waals surface area contributed by atoms with Crippen LogP contribution in [0.4, 0.5) is 5.69 Å². The molecule has 29 heavy (non-hydrogen) atoms. The van der Waals surface area contributed by atoms with Gasteiger partial charge in [0, 0.05) is 19.3 Å². The lowest BCUT2D eigenvalue weighted by Gasteiger charge is -2.07. The molecule has 0 unspecified atom stereocenters. The Morgan fingerprint density at radius 3 is 2.55 bits per heavy atom. The highest BCUT2D eigenvalue weighted by atomic mass is 16.5. The summed E-state index contributed by atoms with van der Waals surface area (Å²) in [6.07, 6.45) is 4.92. The number of hydrogen-bond donors (Lipinski definition) is 1. The highest BCUT2D eigenvalue weighted by Gasteiger charge is 2.19. The molecule has 8 heteroatoms. The van der Waals surface area contributed by atoms with Crippen molar-refractivity contribution >= 4 is 11.6 Å². The van der Waals surface area contributed by atoms with E-state index in [-0.39, 0.29) is 5.76 Å². The summed E-state index contributed by atoms with van der Waals surface area (Å²) in [6.45, 7) is 3.73. The normalized spacial score (nSPS) is 10.7. The number of pyridine rings is 1. The van der Waals surface area contributed by atoms with Crippen LogP contribution in [0, 0.1) is 13.8 Å². The number of aryl methyl sites for hydroxylation is 3. The Morgan fingerprint density at radius 1 is 1.10 bits per heavy atom. The third-order valence-corrected chi connectivity index (χ3v) is 4.19. The number of nitrogens with zero attached hydrogens (tertiary/aromatic N) is 4. The Morgan fingerprint density at radius 2 is 1.90 bits per heavy atom. The zero-order valence-corrected chi connectivity index (χ0v) is 16.2. The molecule has 0 saturated heterocycles. The lowest BCUT2D eigenvalue weighted by molar-refractivity contribution is 0.0996. The van der Waals surface area contributed by atoms with Crippen molar-refractivity contribution in [2.75, 3.05) is 5.32 Å². The fraction of sp³-hybridized carbons (Fsp3) is 0.143. The SMILES string of the molecule is Cc1ccc(Oc2ccc(NC(=O)c3oc(-c4cnn(C)c4)nc3C)cn2)cc1. The van der Waals surface area contributed by atoms with E-state index < -0.39 is 5.91 Å². The molecular formula is C21H19N5O3. The van der Waals surface area contributed by atoms with E-state index in [4.69, 9.17) is 9.15 Å². The molecule has 0 aliphatic heterocycles. The summed E-state index contributed by atoms with van der Waals surface area (Å²) in [5, 5.41) is 6.84. The van der Waals surface area contributed by atoms with Crippen LogP contribution in [0.3, 0.4) is 0 Å². The van der Waals surface area contributed by atoms with Crippen LogP contribution in [0.15, 0.2) is 59.4 Å². The highest BCUT2D eigenvalue weighted by Crippen LogP contribution is 2.23. The van der Waals surface area contributed by atoms with Gasteiger partial charge in [0.05, 0.1) is 29.3 Å². The van der Waals surface area contributed by atoms with Gasteiger partial charge in [0.1, 0.15) is 5.75 Å². The third-order valence-electron chi connectivity index (χ3n) is 4.19. The zero-order chi connectivity index (χ0) is 20.4. The second-order valence-corrected chi connectivity index (χ2v) is 6.59. The van der Waals surface area contributed by atoms with Gasteiger partial charge in [-0.05, 0) is 32.0 Å². The molecule has 0 aliphatic carbocycles. The number of carbonyl (C=O) groups excluding carboxylic acids is 1. The summed E-state index contributed by atoms with van der Waals surface area (Å²) in [5.41, 5.74) is 2.87. The van der Waals surface area contributed by atoms with E-state index in [1.54, 1.807) is 43.2 Å². The van der Waals surface area contributed by atoms with Crippen LogP contribution in [0.1, 0.15) is 21.8 Å². The molecule has 3 heterocycles. The second-order valence-electron chi connectivity index (χ2n) is 6.59. The monoisotopic (exact) mass is 389 g/mol. The van der Waals surface area contributed by atoms with E-state index >= 15 is 0 Å². The van der Waals surface area contributed by atoms with Gasteiger partial charge in [-0.25, -0.2) is 9.97 Å². The van der Waals surface area contributed by atoms with Gasteiger partial charge in [-0.15, -0.1) is 0 Å². The number of ether oxygens (including phenoxy) is 1. The molecule has 4 aromatic rings. The number of amides is 1. The molecule has 0 radical (unpaired) electrons. The van der Waals surface area contributed by atoms with E-state index in [1.165, 1.54) is 6.20 Å². The molecule has 1 N–H and O–H groups in total. The van der Waals surface area contributed by atoms with Crippen LogP contribution in [-0.2, 0) is 7.05 Å². The topological polar surface area (TPSA) is 95.1 Å². The second kappa shape index (κ2) is 7.59. The Bertz CT molecular complexity index is 1140. The summed E-state index contributed by atoms with van der Waals surface area (Å²) in [6, 6.07) is 11.1. The lowest BCUT2D eigenvalue weighted by atomic mass is 10.2. The van der Waals surface area contributed by atoms with Crippen molar-refractivity contribution in [2.45, 2.75) is 13.8 Å². The van der Waals surface area contributed by atoms with E-state index in [1.807, 2.05) is 31.2 Å². The van der Waals surface area contributed by atoms with Crippen LogP contribution < -0.4 is 10.1 Å². The fourth-order valence-electron chi connectivity index (χ4n) is 2.69. The predicted molar refractivity (Wildman–Crippen MR) is 107 cm³/mol. The number of oxazole rings is 1. The minimum absolute atomic E-state index is 0.142. The standard InChI is InChI=1S/C21H19N5O3/c1-13-4-7-17(8-5-13)28-18-9-6-16(11-22-18)25-20(27)19-14(2)24-21(29-19)15-10-23-26(3)12-15/h4-12H,1-3H3,(H,25,27). The predicted octanol–water partition coefficient (Wildman–Crippen LogP) is 4.13. The molecule has 146 valence electrons.